The summed E-state index contributed by atoms with van der Waals surface area (Å²) in [5, 5.41) is 61.7. The van der Waals surface area contributed by atoms with E-state index < -0.39 is 107 Å². The van der Waals surface area contributed by atoms with Crippen LogP contribution >= 0.6 is 7.82 Å². The maximum atomic E-state index is 12.8. The number of nitrogens with zero attached hydrogens (tertiary/aromatic N) is 2. The van der Waals surface area contributed by atoms with Crippen molar-refractivity contribution in [3.05, 3.63) is 22.7 Å². The molecule has 1 amide bonds. The summed E-state index contributed by atoms with van der Waals surface area (Å²) in [6.07, 6.45) is -14.4. The molecule has 2 fully saturated rings. The van der Waals surface area contributed by atoms with Crippen molar-refractivity contribution in [1.82, 2.24) is 14.9 Å². The van der Waals surface area contributed by atoms with Crippen molar-refractivity contribution >= 4 is 25.5 Å². The fraction of sp³-hybridized carbons (Fsp3) is 0.684. The highest BCUT2D eigenvalue weighted by molar-refractivity contribution is 7.47. The van der Waals surface area contributed by atoms with Gasteiger partial charge in [0.2, 0.25) is 5.91 Å². The number of carbonyl (C=O) groups is 2. The molecule has 22 heteroatoms. The van der Waals surface area contributed by atoms with E-state index in [0.29, 0.717) is 0 Å². The van der Waals surface area contributed by atoms with Crippen LogP contribution in [0.15, 0.2) is 17.1 Å². The number of aromatic nitrogens is 2. The highest BCUT2D eigenvalue weighted by Crippen LogP contribution is 2.51. The van der Waals surface area contributed by atoms with Gasteiger partial charge in [-0.1, -0.05) is 0 Å². The van der Waals surface area contributed by atoms with E-state index in [0.717, 1.165) is 10.8 Å². The molecule has 0 aromatic carbocycles. The number of rotatable bonds is 12. The fourth-order valence-corrected chi connectivity index (χ4v) is 4.77. The second kappa shape index (κ2) is 13.1. The van der Waals surface area contributed by atoms with Crippen molar-refractivity contribution in [3.8, 4) is 0 Å². The van der Waals surface area contributed by atoms with Gasteiger partial charge in [0, 0.05) is 6.20 Å². The number of ether oxygens (including phenoxy) is 3. The number of carboxylic acids is 1. The van der Waals surface area contributed by atoms with E-state index in [-0.39, 0.29) is 5.82 Å². The minimum Gasteiger partial charge on any atom is -0.477 e. The number of anilines is 1. The normalized spacial score (nSPS) is 33.0. The van der Waals surface area contributed by atoms with Gasteiger partial charge in [0.05, 0.1) is 26.2 Å². The Morgan fingerprint density at radius 3 is 2.56 bits per heavy atom. The highest BCUT2D eigenvalue weighted by Gasteiger charge is 2.56. The number of phosphoric ester groups is 1. The van der Waals surface area contributed by atoms with Crippen LogP contribution in [-0.2, 0) is 37.4 Å². The van der Waals surface area contributed by atoms with Crippen LogP contribution in [0.25, 0.3) is 0 Å². The Hall–Kier alpha value is -2.63. The molecule has 2 saturated heterocycles. The van der Waals surface area contributed by atoms with E-state index in [1.54, 1.807) is 0 Å². The quantitative estimate of drug-likeness (QED) is 0.0978. The molecule has 3 heterocycles. The third kappa shape index (κ3) is 7.61. The number of aliphatic hydroxyl groups is 5. The minimum atomic E-state index is -5.50. The van der Waals surface area contributed by atoms with Crippen molar-refractivity contribution in [3.63, 3.8) is 0 Å². The van der Waals surface area contributed by atoms with Crippen LogP contribution < -0.4 is 22.5 Å². The van der Waals surface area contributed by atoms with Crippen LogP contribution in [0.1, 0.15) is 12.6 Å². The van der Waals surface area contributed by atoms with Gasteiger partial charge in [0.1, 0.15) is 42.6 Å². The standard InChI is InChI=1S/C19H30N5O16P/c20-4-10(27)23-11-3-19(17(31)32,39-16(38-11)12(28)7(26)5-25)40-41(34,35)36-6-8-13(29)14(30)15(37-8)24-2-1-9(21)22-18(24)33/h1-2,7-8,11-16,25-26,28-30H,3-6,20H2,(H,23,27)(H,31,32)(H,34,35)(H2,21,22,33)/t7-,8-,11?,12-,13?,14?,15-,16?,19-/m1/s1. The largest absolute Gasteiger partial charge is 0.477 e. The molecule has 0 aliphatic carbocycles. The third-order valence-corrected chi connectivity index (χ3v) is 6.88. The first kappa shape index (κ1) is 32.9. The monoisotopic (exact) mass is 615 g/mol. The summed E-state index contributed by atoms with van der Waals surface area (Å²) in [4.78, 5) is 49.8. The van der Waals surface area contributed by atoms with Gasteiger partial charge in [-0.05, 0) is 6.07 Å². The summed E-state index contributed by atoms with van der Waals surface area (Å²) in [6, 6.07) is 1.20. The molecule has 10 atom stereocenters. The summed E-state index contributed by atoms with van der Waals surface area (Å²) in [6.45, 7) is -2.64. The molecule has 3 rings (SSSR count). The Balaban J connectivity index is 1.78. The molecule has 41 heavy (non-hydrogen) atoms. The molecule has 2 aliphatic heterocycles. The number of hydrogen-bond acceptors (Lipinski definition) is 17. The van der Waals surface area contributed by atoms with Crippen LogP contribution in [0.4, 0.5) is 5.82 Å². The van der Waals surface area contributed by atoms with Gasteiger partial charge in [-0.3, -0.25) is 13.9 Å². The molecule has 0 bridgehead atoms. The van der Waals surface area contributed by atoms with Crippen LogP contribution in [0.2, 0.25) is 0 Å². The summed E-state index contributed by atoms with van der Waals surface area (Å²) >= 11 is 0. The summed E-state index contributed by atoms with van der Waals surface area (Å²) in [5.41, 5.74) is 9.68. The lowest BCUT2D eigenvalue weighted by Crippen LogP contribution is -2.62. The maximum absolute atomic E-state index is 12.8. The number of nitrogens with one attached hydrogen (secondary N) is 1. The molecule has 5 unspecified atom stereocenters. The summed E-state index contributed by atoms with van der Waals surface area (Å²) in [7, 11) is -5.50. The van der Waals surface area contributed by atoms with Crippen molar-refractivity contribution in [2.24, 2.45) is 5.73 Å². The lowest BCUT2D eigenvalue weighted by Gasteiger charge is -2.43. The zero-order chi connectivity index (χ0) is 30.7. The number of nitrogens with two attached hydrogens (primary N) is 2. The van der Waals surface area contributed by atoms with Crippen LogP contribution in [0.3, 0.4) is 0 Å². The minimum absolute atomic E-state index is 0.134. The van der Waals surface area contributed by atoms with Crippen molar-refractivity contribution in [2.75, 3.05) is 25.5 Å². The zero-order valence-corrected chi connectivity index (χ0v) is 21.8. The molecular formula is C19H30N5O16P. The highest BCUT2D eigenvalue weighted by atomic mass is 31.2. The summed E-state index contributed by atoms with van der Waals surface area (Å²) < 4.78 is 38.8. The van der Waals surface area contributed by atoms with Gasteiger partial charge in [-0.15, -0.1) is 0 Å². The Morgan fingerprint density at radius 2 is 1.98 bits per heavy atom. The van der Waals surface area contributed by atoms with Crippen LogP contribution in [-0.4, -0.2) is 126 Å². The first-order chi connectivity index (χ1) is 19.1. The van der Waals surface area contributed by atoms with E-state index >= 15 is 0 Å². The van der Waals surface area contributed by atoms with E-state index in [1.807, 2.05) is 0 Å². The first-order valence-electron chi connectivity index (χ1n) is 11.7. The van der Waals surface area contributed by atoms with Gasteiger partial charge >= 0.3 is 19.5 Å². The van der Waals surface area contributed by atoms with Gasteiger partial charge in [-0.2, -0.15) is 4.98 Å². The van der Waals surface area contributed by atoms with E-state index in [4.69, 9.17) is 39.8 Å². The number of aliphatic carboxylic acids is 1. The van der Waals surface area contributed by atoms with Crippen molar-refractivity contribution < 1.29 is 72.9 Å². The first-order valence-corrected chi connectivity index (χ1v) is 13.2. The molecular weight excluding hydrogens is 585 g/mol. The Labute approximate surface area is 229 Å². The lowest BCUT2D eigenvalue weighted by atomic mass is 10.1. The molecule has 21 nitrogen and oxygen atoms in total. The van der Waals surface area contributed by atoms with E-state index in [9.17, 15) is 49.4 Å². The molecule has 0 spiro atoms. The van der Waals surface area contributed by atoms with E-state index in [1.165, 1.54) is 6.07 Å². The molecule has 0 saturated carbocycles. The molecule has 0 radical (unpaired) electrons. The number of aliphatic hydroxyl groups excluding tert-OH is 5. The molecule has 12 N–H and O–H groups in total. The number of nitrogen functional groups attached to an aromatic ring is 1. The zero-order valence-electron chi connectivity index (χ0n) is 20.9. The van der Waals surface area contributed by atoms with Crippen LogP contribution in [0.5, 0.6) is 0 Å². The average Bonchev–Trinajstić information content (AvgIpc) is 3.19. The van der Waals surface area contributed by atoms with Gasteiger partial charge in [0.25, 0.3) is 5.79 Å². The van der Waals surface area contributed by atoms with Gasteiger partial charge < -0.3 is 66.5 Å². The van der Waals surface area contributed by atoms with Gasteiger partial charge in [-0.25, -0.2) is 18.7 Å². The Bertz CT molecular complexity index is 1200. The average molecular weight is 615 g/mol. The Morgan fingerprint density at radius 1 is 1.29 bits per heavy atom. The lowest BCUT2D eigenvalue weighted by molar-refractivity contribution is -0.361. The Kier molecular flexibility index (Phi) is 10.5. The van der Waals surface area contributed by atoms with Crippen LogP contribution in [0, 0.1) is 0 Å². The number of carbonyl (C=O) groups excluding carboxylic acids is 1. The predicted molar refractivity (Wildman–Crippen MR) is 127 cm³/mol. The topological polar surface area (TPSA) is 338 Å². The number of phosphoric acid groups is 1. The summed E-state index contributed by atoms with van der Waals surface area (Å²) in [5.74, 6) is -6.25. The second-order valence-electron chi connectivity index (χ2n) is 8.83. The van der Waals surface area contributed by atoms with Gasteiger partial charge in [0.15, 0.2) is 12.5 Å². The predicted octanol–water partition coefficient (Wildman–Crippen LogP) is -5.76. The maximum Gasteiger partial charge on any atom is 0.475 e. The molecule has 232 valence electrons. The fourth-order valence-electron chi connectivity index (χ4n) is 3.81. The number of hydrogen-bond donors (Lipinski definition) is 10. The van der Waals surface area contributed by atoms with Crippen molar-refractivity contribution in [1.29, 1.82) is 0 Å². The number of amides is 1. The van der Waals surface area contributed by atoms with E-state index in [2.05, 4.69) is 10.3 Å². The number of carboxylic acid groups (broad SMARTS) is 1. The molecule has 2 aliphatic rings. The molecule has 1 aromatic heterocycles. The van der Waals surface area contributed by atoms with Crippen molar-refractivity contribution in [2.45, 2.75) is 61.5 Å². The third-order valence-electron chi connectivity index (χ3n) is 5.88. The SMILES string of the molecule is NCC(=O)NC1C[C@@](OP(=O)(O)OC[C@H]2O[C@@H](n3ccc(N)nc3=O)C(O)C2O)(C(=O)O)OC([C@H](O)[C@H](O)CO)O1. The molecule has 1 aromatic rings. The second-order valence-corrected chi connectivity index (χ2v) is 10.2. The smallest absolute Gasteiger partial charge is 0.475 e.